The van der Waals surface area contributed by atoms with E-state index in [4.69, 9.17) is 11.6 Å². The number of hydrogen-bond acceptors (Lipinski definition) is 4. The van der Waals surface area contributed by atoms with Gasteiger partial charge in [0.25, 0.3) is 5.91 Å². The smallest absolute Gasteiger partial charge is 0.293 e. The lowest BCUT2D eigenvalue weighted by Gasteiger charge is -2.33. The number of carbonyl (C=O) groups excluding carboxylic acids is 1. The first kappa shape index (κ1) is 18.7. The predicted molar refractivity (Wildman–Crippen MR) is 110 cm³/mol. The molecule has 2 heterocycles. The average molecular weight is 396 g/mol. The number of hydrogen-bond donors (Lipinski definition) is 0. The normalized spacial score (nSPS) is 15.0. The van der Waals surface area contributed by atoms with E-state index in [1.807, 2.05) is 59.5 Å². The second-order valence-electron chi connectivity index (χ2n) is 6.74. The Morgan fingerprint density at radius 2 is 1.79 bits per heavy atom. The van der Waals surface area contributed by atoms with Crippen LogP contribution in [-0.2, 0) is 0 Å². The van der Waals surface area contributed by atoms with Crippen LogP contribution in [0.1, 0.15) is 17.5 Å². The van der Waals surface area contributed by atoms with Crippen LogP contribution < -0.4 is 0 Å². The van der Waals surface area contributed by atoms with Crippen molar-refractivity contribution in [3.8, 4) is 17.1 Å². The maximum atomic E-state index is 13.0. The number of amides is 1. The van der Waals surface area contributed by atoms with Crippen molar-refractivity contribution in [3.05, 3.63) is 65.4 Å². The van der Waals surface area contributed by atoms with Crippen molar-refractivity contribution in [2.24, 2.45) is 0 Å². The van der Waals surface area contributed by atoms with Crippen LogP contribution in [0.3, 0.4) is 0 Å². The van der Waals surface area contributed by atoms with Crippen LogP contribution in [0, 0.1) is 0 Å². The summed E-state index contributed by atoms with van der Waals surface area (Å²) >= 11 is 6.17. The molecule has 0 saturated carbocycles. The van der Waals surface area contributed by atoms with Crippen molar-refractivity contribution < 1.29 is 4.79 Å². The van der Waals surface area contributed by atoms with E-state index in [9.17, 15) is 4.79 Å². The molecule has 6 nitrogen and oxygen atoms in total. The Kier molecular flexibility index (Phi) is 5.41. The summed E-state index contributed by atoms with van der Waals surface area (Å²) in [4.78, 5) is 21.8. The third-order valence-corrected chi connectivity index (χ3v) is 5.23. The van der Waals surface area contributed by atoms with Gasteiger partial charge in [0.15, 0.2) is 5.82 Å². The second-order valence-corrected chi connectivity index (χ2v) is 7.18. The second kappa shape index (κ2) is 8.12. The molecule has 28 heavy (non-hydrogen) atoms. The van der Waals surface area contributed by atoms with Crippen molar-refractivity contribution in [3.63, 3.8) is 0 Å². The summed E-state index contributed by atoms with van der Waals surface area (Å²) in [5.41, 5.74) is 1.67. The van der Waals surface area contributed by atoms with Gasteiger partial charge in [0.1, 0.15) is 0 Å². The lowest BCUT2D eigenvalue weighted by molar-refractivity contribution is 0.0631. The van der Waals surface area contributed by atoms with Gasteiger partial charge in [-0.1, -0.05) is 54.9 Å². The Labute approximate surface area is 169 Å². The van der Waals surface area contributed by atoms with E-state index >= 15 is 0 Å². The molecule has 2 aromatic carbocycles. The summed E-state index contributed by atoms with van der Waals surface area (Å²) in [7, 11) is 0. The molecule has 0 N–H and O–H groups in total. The van der Waals surface area contributed by atoms with Gasteiger partial charge in [0.2, 0.25) is 5.82 Å². The lowest BCUT2D eigenvalue weighted by Crippen LogP contribution is -2.48. The molecule has 3 aromatic rings. The minimum absolute atomic E-state index is 0.131. The fraction of sp³-hybridized carbons (Fsp3) is 0.286. The summed E-state index contributed by atoms with van der Waals surface area (Å²) in [6, 6.07) is 17.1. The molecule has 0 aliphatic carbocycles. The maximum Gasteiger partial charge on any atom is 0.293 e. The van der Waals surface area contributed by atoms with Crippen molar-refractivity contribution in [2.45, 2.75) is 6.92 Å². The first-order valence-electron chi connectivity index (χ1n) is 9.46. The minimum Gasteiger partial charge on any atom is -0.333 e. The summed E-state index contributed by atoms with van der Waals surface area (Å²) in [6.45, 7) is 6.28. The SMILES string of the molecule is CCN1CCN(C(=O)c2nc(-c3ccccc3)n(-c3cccc(Cl)c3)n2)CC1. The fourth-order valence-corrected chi connectivity index (χ4v) is 3.56. The molecule has 0 radical (unpaired) electrons. The average Bonchev–Trinajstić information content (AvgIpc) is 3.19. The van der Waals surface area contributed by atoms with E-state index in [-0.39, 0.29) is 11.7 Å². The Bertz CT molecular complexity index is 964. The van der Waals surface area contributed by atoms with Gasteiger partial charge < -0.3 is 9.80 Å². The Hall–Kier alpha value is -2.70. The zero-order chi connectivity index (χ0) is 19.5. The molecular formula is C21H22ClN5O. The van der Waals surface area contributed by atoms with Crippen LogP contribution in [-0.4, -0.2) is 63.2 Å². The number of likely N-dealkylation sites (N-methyl/N-ethyl adjacent to an activating group) is 1. The molecule has 1 fully saturated rings. The quantitative estimate of drug-likeness (QED) is 0.679. The van der Waals surface area contributed by atoms with Gasteiger partial charge in [-0.05, 0) is 24.7 Å². The van der Waals surface area contributed by atoms with E-state index in [0.717, 1.165) is 30.9 Å². The van der Waals surface area contributed by atoms with Crippen molar-refractivity contribution >= 4 is 17.5 Å². The zero-order valence-corrected chi connectivity index (χ0v) is 16.5. The Balaban J connectivity index is 1.70. The van der Waals surface area contributed by atoms with E-state index in [1.54, 1.807) is 4.68 Å². The molecule has 7 heteroatoms. The highest BCUT2D eigenvalue weighted by Gasteiger charge is 2.26. The number of nitrogens with zero attached hydrogens (tertiary/aromatic N) is 5. The van der Waals surface area contributed by atoms with Crippen LogP contribution in [0.15, 0.2) is 54.6 Å². The molecule has 0 spiro atoms. The standard InChI is InChI=1S/C21H22ClN5O/c1-2-25-11-13-26(14-12-25)21(28)19-23-20(16-7-4-3-5-8-16)27(24-19)18-10-6-9-17(22)15-18/h3-10,15H,2,11-14H2,1H3. The van der Waals surface area contributed by atoms with E-state index in [1.165, 1.54) is 0 Å². The summed E-state index contributed by atoms with van der Waals surface area (Å²) < 4.78 is 1.69. The van der Waals surface area contributed by atoms with Crippen molar-refractivity contribution in [1.82, 2.24) is 24.6 Å². The van der Waals surface area contributed by atoms with Gasteiger partial charge in [-0.15, -0.1) is 5.10 Å². The number of aromatic nitrogens is 3. The van der Waals surface area contributed by atoms with Crippen molar-refractivity contribution in [1.29, 1.82) is 0 Å². The molecule has 144 valence electrons. The van der Waals surface area contributed by atoms with Gasteiger partial charge in [-0.2, -0.15) is 0 Å². The van der Waals surface area contributed by atoms with Gasteiger partial charge >= 0.3 is 0 Å². The van der Waals surface area contributed by atoms with E-state index < -0.39 is 0 Å². The zero-order valence-electron chi connectivity index (χ0n) is 15.8. The minimum atomic E-state index is -0.131. The Morgan fingerprint density at radius 3 is 2.46 bits per heavy atom. The molecule has 1 saturated heterocycles. The molecule has 1 aliphatic rings. The van der Waals surface area contributed by atoms with Gasteiger partial charge in [0, 0.05) is 36.8 Å². The van der Waals surface area contributed by atoms with E-state index in [0.29, 0.717) is 23.9 Å². The van der Waals surface area contributed by atoms with Crippen molar-refractivity contribution in [2.75, 3.05) is 32.7 Å². The first-order chi connectivity index (χ1) is 13.7. The number of piperazine rings is 1. The highest BCUT2D eigenvalue weighted by molar-refractivity contribution is 6.30. The molecule has 4 rings (SSSR count). The van der Waals surface area contributed by atoms with E-state index in [2.05, 4.69) is 21.9 Å². The lowest BCUT2D eigenvalue weighted by atomic mass is 10.2. The molecular weight excluding hydrogens is 374 g/mol. The first-order valence-corrected chi connectivity index (χ1v) is 9.83. The molecule has 1 aromatic heterocycles. The monoisotopic (exact) mass is 395 g/mol. The number of benzene rings is 2. The molecule has 0 bridgehead atoms. The fourth-order valence-electron chi connectivity index (χ4n) is 3.37. The third kappa shape index (κ3) is 3.79. The van der Waals surface area contributed by atoms with Crippen LogP contribution in [0.4, 0.5) is 0 Å². The predicted octanol–water partition coefficient (Wildman–Crippen LogP) is 3.37. The van der Waals surface area contributed by atoms with Gasteiger partial charge in [-0.3, -0.25) is 4.79 Å². The van der Waals surface area contributed by atoms with Crippen LogP contribution in [0.25, 0.3) is 17.1 Å². The highest BCUT2D eigenvalue weighted by atomic mass is 35.5. The van der Waals surface area contributed by atoms with Gasteiger partial charge in [-0.25, -0.2) is 9.67 Å². The molecule has 1 amide bonds. The molecule has 0 atom stereocenters. The Morgan fingerprint density at radius 1 is 1.04 bits per heavy atom. The number of rotatable bonds is 4. The third-order valence-electron chi connectivity index (χ3n) is 4.99. The van der Waals surface area contributed by atoms with Gasteiger partial charge in [0.05, 0.1) is 5.69 Å². The number of carbonyl (C=O) groups is 1. The highest BCUT2D eigenvalue weighted by Crippen LogP contribution is 2.23. The molecule has 1 aliphatic heterocycles. The van der Waals surface area contributed by atoms with Crippen LogP contribution in [0.5, 0.6) is 0 Å². The largest absolute Gasteiger partial charge is 0.333 e. The topological polar surface area (TPSA) is 54.3 Å². The summed E-state index contributed by atoms with van der Waals surface area (Å²) in [5.74, 6) is 0.705. The number of halogens is 1. The molecule has 0 unspecified atom stereocenters. The van der Waals surface area contributed by atoms with Crippen LogP contribution >= 0.6 is 11.6 Å². The van der Waals surface area contributed by atoms with Crippen LogP contribution in [0.2, 0.25) is 5.02 Å². The summed E-state index contributed by atoms with van der Waals surface area (Å²) in [5, 5.41) is 5.16. The summed E-state index contributed by atoms with van der Waals surface area (Å²) in [6.07, 6.45) is 0. The maximum absolute atomic E-state index is 13.0.